The van der Waals surface area contributed by atoms with Crippen molar-refractivity contribution in [3.63, 3.8) is 0 Å². The first-order chi connectivity index (χ1) is 10.4. The molecule has 0 radical (unpaired) electrons. The molecule has 22 heavy (non-hydrogen) atoms. The Balaban J connectivity index is 1.67. The second kappa shape index (κ2) is 5.85. The highest BCUT2D eigenvalue weighted by molar-refractivity contribution is 5.25. The standard InChI is InChI=1S/C17H22F3NO/c18-17(19,20)14-6-3-4-13(10-14)11-21-9-8-16(22)7-2-1-5-15(16)12-21/h3-4,6,10,15,22H,1-2,5,7-9,11-12H2/t15-,16-/m1/s1. The smallest absolute Gasteiger partial charge is 0.390 e. The van der Waals surface area contributed by atoms with Crippen molar-refractivity contribution in [2.24, 2.45) is 5.92 Å². The first-order valence-corrected chi connectivity index (χ1v) is 7.98. The molecule has 5 heteroatoms. The lowest BCUT2D eigenvalue weighted by Gasteiger charge is -2.47. The molecule has 3 rings (SSSR count). The summed E-state index contributed by atoms with van der Waals surface area (Å²) in [4.78, 5) is 2.18. The largest absolute Gasteiger partial charge is 0.416 e. The molecule has 1 N–H and O–H groups in total. The van der Waals surface area contributed by atoms with E-state index < -0.39 is 17.3 Å². The second-order valence-corrected chi connectivity index (χ2v) is 6.73. The number of halogens is 3. The summed E-state index contributed by atoms with van der Waals surface area (Å²) in [5.41, 5.74) is -0.435. The third-order valence-corrected chi connectivity index (χ3v) is 5.17. The van der Waals surface area contributed by atoms with Crippen LogP contribution in [0.3, 0.4) is 0 Å². The van der Waals surface area contributed by atoms with Crippen molar-refractivity contribution >= 4 is 0 Å². The molecular weight excluding hydrogens is 291 g/mol. The van der Waals surface area contributed by atoms with E-state index >= 15 is 0 Å². The number of hydrogen-bond acceptors (Lipinski definition) is 2. The SMILES string of the molecule is O[C@@]12CCCC[C@@H]1CN(Cc1cccc(C(F)(F)F)c1)CC2. The molecular formula is C17H22F3NO. The van der Waals surface area contributed by atoms with Crippen LogP contribution in [-0.4, -0.2) is 28.7 Å². The predicted molar refractivity (Wildman–Crippen MR) is 78.2 cm³/mol. The molecule has 0 unspecified atom stereocenters. The first-order valence-electron chi connectivity index (χ1n) is 7.98. The minimum atomic E-state index is -4.29. The molecule has 2 aliphatic rings. The van der Waals surface area contributed by atoms with E-state index in [1.807, 2.05) is 0 Å². The van der Waals surface area contributed by atoms with E-state index in [0.29, 0.717) is 12.1 Å². The Labute approximate surface area is 128 Å². The summed E-state index contributed by atoms with van der Waals surface area (Å²) < 4.78 is 38.3. The molecule has 0 amide bonds. The van der Waals surface area contributed by atoms with Crippen LogP contribution in [0.2, 0.25) is 0 Å². The van der Waals surface area contributed by atoms with Crippen LogP contribution >= 0.6 is 0 Å². The van der Waals surface area contributed by atoms with Gasteiger partial charge in [-0.15, -0.1) is 0 Å². The van der Waals surface area contributed by atoms with Gasteiger partial charge in [-0.05, 0) is 30.9 Å². The quantitative estimate of drug-likeness (QED) is 0.897. The van der Waals surface area contributed by atoms with Crippen molar-refractivity contribution in [2.75, 3.05) is 13.1 Å². The summed E-state index contributed by atoms with van der Waals surface area (Å²) >= 11 is 0. The molecule has 2 nitrogen and oxygen atoms in total. The van der Waals surface area contributed by atoms with Crippen molar-refractivity contribution in [3.05, 3.63) is 35.4 Å². The van der Waals surface area contributed by atoms with Gasteiger partial charge >= 0.3 is 6.18 Å². The molecule has 0 spiro atoms. The second-order valence-electron chi connectivity index (χ2n) is 6.73. The third-order valence-electron chi connectivity index (χ3n) is 5.17. The summed E-state index contributed by atoms with van der Waals surface area (Å²) in [5.74, 6) is 0.265. The van der Waals surface area contributed by atoms with E-state index in [0.717, 1.165) is 51.3 Å². The molecule has 1 heterocycles. The molecule has 1 aliphatic heterocycles. The van der Waals surface area contributed by atoms with Gasteiger partial charge in [0.25, 0.3) is 0 Å². The van der Waals surface area contributed by atoms with Gasteiger partial charge in [-0.25, -0.2) is 0 Å². The zero-order valence-electron chi connectivity index (χ0n) is 12.6. The fraction of sp³-hybridized carbons (Fsp3) is 0.647. The maximum Gasteiger partial charge on any atom is 0.416 e. The summed E-state index contributed by atoms with van der Waals surface area (Å²) in [6, 6.07) is 5.57. The molecule has 1 saturated carbocycles. The molecule has 122 valence electrons. The van der Waals surface area contributed by atoms with Gasteiger partial charge in [0.15, 0.2) is 0 Å². The van der Waals surface area contributed by atoms with Crippen LogP contribution in [-0.2, 0) is 12.7 Å². The molecule has 0 aromatic heterocycles. The summed E-state index contributed by atoms with van der Waals surface area (Å²) in [6.45, 7) is 2.06. The molecule has 0 bridgehead atoms. The van der Waals surface area contributed by atoms with E-state index in [4.69, 9.17) is 0 Å². The summed E-state index contributed by atoms with van der Waals surface area (Å²) in [7, 11) is 0. The highest BCUT2D eigenvalue weighted by Gasteiger charge is 2.42. The average molecular weight is 313 g/mol. The molecule has 1 aromatic rings. The first kappa shape index (κ1) is 15.8. The van der Waals surface area contributed by atoms with E-state index in [-0.39, 0.29) is 5.92 Å². The normalized spacial score (nSPS) is 30.1. The van der Waals surface area contributed by atoms with Gasteiger partial charge in [-0.3, -0.25) is 4.90 Å². The lowest BCUT2D eigenvalue weighted by molar-refractivity contribution is -0.137. The van der Waals surface area contributed by atoms with Crippen molar-refractivity contribution in [3.8, 4) is 0 Å². The average Bonchev–Trinajstić information content (AvgIpc) is 2.47. The Morgan fingerprint density at radius 3 is 2.82 bits per heavy atom. The van der Waals surface area contributed by atoms with Crippen molar-refractivity contribution in [2.45, 2.75) is 50.4 Å². The Kier molecular flexibility index (Phi) is 4.21. The summed E-state index contributed by atoms with van der Waals surface area (Å²) in [6.07, 6.45) is 0.563. The number of rotatable bonds is 2. The Hall–Kier alpha value is -1.07. The number of aliphatic hydroxyl groups is 1. The van der Waals surface area contributed by atoms with Gasteiger partial charge < -0.3 is 5.11 Å². The van der Waals surface area contributed by atoms with Gasteiger partial charge in [0.1, 0.15) is 0 Å². The maximum atomic E-state index is 12.8. The Morgan fingerprint density at radius 2 is 2.05 bits per heavy atom. The van der Waals surface area contributed by atoms with Crippen LogP contribution < -0.4 is 0 Å². The number of likely N-dealkylation sites (tertiary alicyclic amines) is 1. The topological polar surface area (TPSA) is 23.5 Å². The minimum absolute atomic E-state index is 0.265. The van der Waals surface area contributed by atoms with E-state index in [1.165, 1.54) is 12.1 Å². The molecule has 2 fully saturated rings. The minimum Gasteiger partial charge on any atom is -0.390 e. The predicted octanol–water partition coefficient (Wildman–Crippen LogP) is 3.83. The highest BCUT2D eigenvalue weighted by Crippen LogP contribution is 2.40. The lowest BCUT2D eigenvalue weighted by atomic mass is 9.71. The molecule has 2 atom stereocenters. The zero-order chi connectivity index (χ0) is 15.8. The third kappa shape index (κ3) is 3.30. The number of fused-ring (bicyclic) bond motifs is 1. The van der Waals surface area contributed by atoms with E-state index in [1.54, 1.807) is 6.07 Å². The lowest BCUT2D eigenvalue weighted by Crippen LogP contribution is -2.52. The van der Waals surface area contributed by atoms with E-state index in [9.17, 15) is 18.3 Å². The number of hydrogen-bond donors (Lipinski definition) is 1. The van der Waals surface area contributed by atoms with Gasteiger partial charge in [-0.2, -0.15) is 13.2 Å². The molecule has 1 aromatic carbocycles. The van der Waals surface area contributed by atoms with Crippen LogP contribution in [0.5, 0.6) is 0 Å². The monoisotopic (exact) mass is 313 g/mol. The van der Waals surface area contributed by atoms with Gasteiger partial charge in [0, 0.05) is 25.6 Å². The van der Waals surface area contributed by atoms with Crippen molar-refractivity contribution < 1.29 is 18.3 Å². The number of piperidine rings is 1. The van der Waals surface area contributed by atoms with Gasteiger partial charge in [-0.1, -0.05) is 31.0 Å². The fourth-order valence-electron chi connectivity index (χ4n) is 3.89. The van der Waals surface area contributed by atoms with Crippen LogP contribution in [0.15, 0.2) is 24.3 Å². The van der Waals surface area contributed by atoms with Crippen molar-refractivity contribution in [1.82, 2.24) is 4.90 Å². The van der Waals surface area contributed by atoms with Crippen LogP contribution in [0.4, 0.5) is 13.2 Å². The highest BCUT2D eigenvalue weighted by atomic mass is 19.4. The van der Waals surface area contributed by atoms with Crippen LogP contribution in [0.25, 0.3) is 0 Å². The zero-order valence-corrected chi connectivity index (χ0v) is 12.6. The summed E-state index contributed by atoms with van der Waals surface area (Å²) in [5, 5.41) is 10.7. The van der Waals surface area contributed by atoms with Crippen molar-refractivity contribution in [1.29, 1.82) is 0 Å². The Morgan fingerprint density at radius 1 is 1.23 bits per heavy atom. The molecule has 1 aliphatic carbocycles. The van der Waals surface area contributed by atoms with Crippen LogP contribution in [0, 0.1) is 5.92 Å². The Bertz CT molecular complexity index is 531. The van der Waals surface area contributed by atoms with E-state index in [2.05, 4.69) is 4.90 Å². The van der Waals surface area contributed by atoms with Gasteiger partial charge in [0.05, 0.1) is 11.2 Å². The fourth-order valence-corrected chi connectivity index (χ4v) is 3.89. The number of benzene rings is 1. The number of alkyl halides is 3. The van der Waals surface area contributed by atoms with Crippen LogP contribution in [0.1, 0.15) is 43.2 Å². The maximum absolute atomic E-state index is 12.8. The number of nitrogens with zero attached hydrogens (tertiary/aromatic N) is 1. The van der Waals surface area contributed by atoms with Gasteiger partial charge in [0.2, 0.25) is 0 Å². The molecule has 1 saturated heterocycles.